The smallest absolute Gasteiger partial charge is 0.193 e. The minimum absolute atomic E-state index is 0. The zero-order valence-electron chi connectivity index (χ0n) is 14.0. The minimum atomic E-state index is 0. The first-order valence-corrected chi connectivity index (χ1v) is 8.26. The van der Waals surface area contributed by atoms with Crippen LogP contribution in [-0.4, -0.2) is 63.1 Å². The van der Waals surface area contributed by atoms with Crippen LogP contribution >= 0.6 is 24.0 Å². The maximum Gasteiger partial charge on any atom is 0.193 e. The van der Waals surface area contributed by atoms with E-state index in [1.165, 1.54) is 58.0 Å². The Hall–Kier alpha value is -0.0400. The van der Waals surface area contributed by atoms with Gasteiger partial charge in [-0.05, 0) is 51.7 Å². The number of aliphatic imine (C=N–C) groups is 1. The molecule has 0 amide bonds. The summed E-state index contributed by atoms with van der Waals surface area (Å²) in [6, 6.07) is 0. The lowest BCUT2D eigenvalue weighted by atomic mass is 9.73. The summed E-state index contributed by atoms with van der Waals surface area (Å²) in [5.41, 5.74) is 0.611. The number of hydrogen-bond acceptors (Lipinski definition) is 2. The largest absolute Gasteiger partial charge is 0.356 e. The van der Waals surface area contributed by atoms with Gasteiger partial charge in [-0.1, -0.05) is 19.3 Å². The second-order valence-electron chi connectivity index (χ2n) is 6.86. The van der Waals surface area contributed by atoms with Gasteiger partial charge in [0.15, 0.2) is 5.96 Å². The minimum Gasteiger partial charge on any atom is -0.356 e. The number of halogens is 1. The normalized spacial score (nSPS) is 21.7. The lowest BCUT2D eigenvalue weighted by Crippen LogP contribution is -2.42. The van der Waals surface area contributed by atoms with E-state index >= 15 is 0 Å². The number of nitrogens with zero attached hydrogens (tertiary/aromatic N) is 3. The molecule has 0 unspecified atom stereocenters. The highest BCUT2D eigenvalue weighted by Gasteiger charge is 2.39. The molecule has 0 atom stereocenters. The Morgan fingerprint density at radius 3 is 2.52 bits per heavy atom. The molecule has 1 aliphatic carbocycles. The summed E-state index contributed by atoms with van der Waals surface area (Å²) >= 11 is 0. The van der Waals surface area contributed by atoms with E-state index in [1.54, 1.807) is 0 Å². The van der Waals surface area contributed by atoms with Crippen LogP contribution in [-0.2, 0) is 0 Å². The van der Waals surface area contributed by atoms with Crippen molar-refractivity contribution in [3.63, 3.8) is 0 Å². The topological polar surface area (TPSA) is 30.9 Å². The summed E-state index contributed by atoms with van der Waals surface area (Å²) in [6.45, 7) is 4.57. The van der Waals surface area contributed by atoms with E-state index in [0.717, 1.165) is 19.0 Å². The predicted octanol–water partition coefficient (Wildman–Crippen LogP) is 2.79. The second-order valence-corrected chi connectivity index (χ2v) is 6.86. The van der Waals surface area contributed by atoms with Crippen molar-refractivity contribution in [1.29, 1.82) is 0 Å². The maximum absolute atomic E-state index is 4.48. The molecule has 0 bridgehead atoms. The van der Waals surface area contributed by atoms with E-state index in [0.29, 0.717) is 5.41 Å². The molecule has 1 saturated heterocycles. The van der Waals surface area contributed by atoms with Crippen molar-refractivity contribution in [3.8, 4) is 0 Å². The molecular weight excluding hydrogens is 375 g/mol. The number of likely N-dealkylation sites (tertiary alicyclic amines) is 1. The van der Waals surface area contributed by atoms with Gasteiger partial charge in [0, 0.05) is 26.7 Å². The molecule has 124 valence electrons. The van der Waals surface area contributed by atoms with Crippen molar-refractivity contribution in [2.75, 3.05) is 47.3 Å². The van der Waals surface area contributed by atoms with Crippen LogP contribution < -0.4 is 5.32 Å². The number of rotatable bonds is 4. The summed E-state index contributed by atoms with van der Waals surface area (Å²) in [5.74, 6) is 1.12. The van der Waals surface area contributed by atoms with Crippen LogP contribution in [0.2, 0.25) is 0 Å². The van der Waals surface area contributed by atoms with E-state index in [2.05, 4.69) is 34.2 Å². The number of guanidine groups is 1. The molecular formula is C16H33IN4. The molecule has 1 aliphatic heterocycles. The third-order valence-corrected chi connectivity index (χ3v) is 4.93. The number of nitrogens with one attached hydrogen (secondary N) is 1. The zero-order chi connectivity index (χ0) is 14.4. The molecule has 1 saturated carbocycles. The van der Waals surface area contributed by atoms with Crippen molar-refractivity contribution in [3.05, 3.63) is 0 Å². The summed E-state index contributed by atoms with van der Waals surface area (Å²) in [6.07, 6.45) is 9.71. The zero-order valence-corrected chi connectivity index (χ0v) is 16.4. The second kappa shape index (κ2) is 9.18. The van der Waals surface area contributed by atoms with E-state index < -0.39 is 0 Å². The van der Waals surface area contributed by atoms with Crippen molar-refractivity contribution in [2.45, 2.75) is 44.9 Å². The van der Waals surface area contributed by atoms with Crippen LogP contribution in [0.4, 0.5) is 0 Å². The monoisotopic (exact) mass is 408 g/mol. The summed E-state index contributed by atoms with van der Waals surface area (Å²) in [4.78, 5) is 9.20. The Morgan fingerprint density at radius 2 is 1.90 bits per heavy atom. The highest BCUT2D eigenvalue weighted by atomic mass is 127. The fraction of sp³-hybridized carbons (Fsp3) is 0.938. The van der Waals surface area contributed by atoms with Gasteiger partial charge in [-0.3, -0.25) is 4.99 Å². The first-order chi connectivity index (χ1) is 9.65. The molecule has 0 radical (unpaired) electrons. The van der Waals surface area contributed by atoms with Crippen LogP contribution in [0.15, 0.2) is 4.99 Å². The third kappa shape index (κ3) is 5.58. The summed E-state index contributed by atoms with van der Waals surface area (Å²) in [5, 5.41) is 3.54. The van der Waals surface area contributed by atoms with Crippen LogP contribution in [0, 0.1) is 5.41 Å². The van der Waals surface area contributed by atoms with E-state index in [9.17, 15) is 0 Å². The Kier molecular flexibility index (Phi) is 8.31. The Bertz CT molecular complexity index is 324. The fourth-order valence-electron chi connectivity index (χ4n) is 3.75. The summed E-state index contributed by atoms with van der Waals surface area (Å²) < 4.78 is 0. The predicted molar refractivity (Wildman–Crippen MR) is 102 cm³/mol. The van der Waals surface area contributed by atoms with Crippen LogP contribution in [0.25, 0.3) is 0 Å². The van der Waals surface area contributed by atoms with Crippen LogP contribution in [0.3, 0.4) is 0 Å². The van der Waals surface area contributed by atoms with Crippen molar-refractivity contribution >= 4 is 29.9 Å². The van der Waals surface area contributed by atoms with Gasteiger partial charge in [-0.2, -0.15) is 0 Å². The quantitative estimate of drug-likeness (QED) is 0.336. The molecule has 2 fully saturated rings. The van der Waals surface area contributed by atoms with Crippen molar-refractivity contribution < 1.29 is 0 Å². The molecule has 21 heavy (non-hydrogen) atoms. The lowest BCUT2D eigenvalue weighted by Gasteiger charge is -2.33. The van der Waals surface area contributed by atoms with Gasteiger partial charge in [0.05, 0.1) is 0 Å². The van der Waals surface area contributed by atoms with E-state index in [4.69, 9.17) is 0 Å². The highest BCUT2D eigenvalue weighted by molar-refractivity contribution is 14.0. The lowest BCUT2D eigenvalue weighted by molar-refractivity contribution is 0.203. The first kappa shape index (κ1) is 19.0. The highest BCUT2D eigenvalue weighted by Crippen LogP contribution is 2.43. The SMILES string of the molecule is CN=C(NCCCN(C)C)N1CCC2(CCCCC2)C1.I. The Morgan fingerprint density at radius 1 is 1.19 bits per heavy atom. The molecule has 1 spiro atoms. The maximum atomic E-state index is 4.48. The fourth-order valence-corrected chi connectivity index (χ4v) is 3.75. The van der Waals surface area contributed by atoms with Crippen LogP contribution in [0.1, 0.15) is 44.9 Å². The summed E-state index contributed by atoms with van der Waals surface area (Å²) in [7, 11) is 6.17. The number of hydrogen-bond donors (Lipinski definition) is 1. The van der Waals surface area contributed by atoms with Gasteiger partial charge < -0.3 is 15.1 Å². The molecule has 4 nitrogen and oxygen atoms in total. The molecule has 2 rings (SSSR count). The molecule has 2 aliphatic rings. The van der Waals surface area contributed by atoms with E-state index in [1.807, 2.05) is 7.05 Å². The van der Waals surface area contributed by atoms with Crippen molar-refractivity contribution in [1.82, 2.24) is 15.1 Å². The molecule has 0 aromatic rings. The van der Waals surface area contributed by atoms with Gasteiger partial charge >= 0.3 is 0 Å². The van der Waals surface area contributed by atoms with Crippen molar-refractivity contribution in [2.24, 2.45) is 10.4 Å². The molecule has 1 heterocycles. The van der Waals surface area contributed by atoms with E-state index in [-0.39, 0.29) is 24.0 Å². The Labute approximate surface area is 147 Å². The van der Waals surface area contributed by atoms with Gasteiger partial charge in [0.25, 0.3) is 0 Å². The molecule has 0 aromatic carbocycles. The Balaban J connectivity index is 0.00000220. The molecule has 0 aromatic heterocycles. The van der Waals surface area contributed by atoms with Gasteiger partial charge in [0.1, 0.15) is 0 Å². The van der Waals surface area contributed by atoms with Gasteiger partial charge in [-0.25, -0.2) is 0 Å². The van der Waals surface area contributed by atoms with Crippen LogP contribution in [0.5, 0.6) is 0 Å². The van der Waals surface area contributed by atoms with Gasteiger partial charge in [0.2, 0.25) is 0 Å². The third-order valence-electron chi connectivity index (χ3n) is 4.93. The average Bonchev–Trinajstić information content (AvgIpc) is 2.83. The first-order valence-electron chi connectivity index (χ1n) is 8.26. The molecule has 1 N–H and O–H groups in total. The average molecular weight is 408 g/mol. The standard InChI is InChI=1S/C16H32N4.HI/c1-17-15(18-11-7-12-19(2)3)20-13-10-16(14-20)8-5-4-6-9-16;/h4-14H2,1-3H3,(H,17,18);1H. The molecule has 5 heteroatoms. The van der Waals surface area contributed by atoms with Gasteiger partial charge in [-0.15, -0.1) is 24.0 Å².